The number of ether oxygens (including phenoxy) is 1. The minimum atomic E-state index is 0.0688. The highest BCUT2D eigenvalue weighted by Crippen LogP contribution is 2.23. The van der Waals surface area contributed by atoms with Gasteiger partial charge in [-0.2, -0.15) is 0 Å². The van der Waals surface area contributed by atoms with Crippen LogP contribution >= 0.6 is 11.3 Å². The second-order valence-electron chi connectivity index (χ2n) is 5.96. The first kappa shape index (κ1) is 18.1. The summed E-state index contributed by atoms with van der Waals surface area (Å²) < 4.78 is 5.14. The smallest absolute Gasteiger partial charge is 0.220 e. The summed E-state index contributed by atoms with van der Waals surface area (Å²) in [6, 6.07) is 18.0. The lowest BCUT2D eigenvalue weighted by atomic mass is 10.1. The van der Waals surface area contributed by atoms with E-state index in [9.17, 15) is 4.79 Å². The van der Waals surface area contributed by atoms with Crippen LogP contribution in [0.3, 0.4) is 0 Å². The third-order valence-corrected chi connectivity index (χ3v) is 5.02. The van der Waals surface area contributed by atoms with Gasteiger partial charge in [0, 0.05) is 30.3 Å². The maximum absolute atomic E-state index is 12.0. The van der Waals surface area contributed by atoms with Gasteiger partial charge in [0.1, 0.15) is 10.8 Å². The molecule has 3 rings (SSSR count). The Bertz CT molecular complexity index is 829. The fourth-order valence-corrected chi connectivity index (χ4v) is 3.46. The molecule has 0 atom stereocenters. The molecule has 0 unspecified atom stereocenters. The molecule has 0 aliphatic carbocycles. The van der Waals surface area contributed by atoms with E-state index in [0.717, 1.165) is 40.4 Å². The minimum Gasteiger partial charge on any atom is -0.497 e. The molecule has 0 fully saturated rings. The van der Waals surface area contributed by atoms with E-state index in [0.29, 0.717) is 13.0 Å². The molecule has 0 aliphatic heterocycles. The molecule has 0 bridgehead atoms. The Morgan fingerprint density at radius 3 is 2.58 bits per heavy atom. The third-order valence-electron chi connectivity index (χ3n) is 4.08. The number of carbonyl (C=O) groups is 1. The van der Waals surface area contributed by atoms with E-state index >= 15 is 0 Å². The van der Waals surface area contributed by atoms with Crippen LogP contribution in [0.5, 0.6) is 5.75 Å². The molecular formula is C21H22N2O2S. The van der Waals surface area contributed by atoms with Crippen molar-refractivity contribution in [3.05, 3.63) is 71.2 Å². The monoisotopic (exact) mass is 366 g/mol. The standard InChI is InChI=1S/C21H22N2O2S/c1-25-19-10-7-16(8-11-19)9-12-20(24)22-14-13-18-15-26-21(23-18)17-5-3-2-4-6-17/h2-8,10-11,15H,9,12-14H2,1H3,(H,22,24). The van der Waals surface area contributed by atoms with Crippen LogP contribution in [0.1, 0.15) is 17.7 Å². The molecule has 5 heteroatoms. The molecule has 1 heterocycles. The zero-order chi connectivity index (χ0) is 18.2. The zero-order valence-electron chi connectivity index (χ0n) is 14.8. The summed E-state index contributed by atoms with van der Waals surface area (Å²) in [6.07, 6.45) is 1.96. The molecule has 0 saturated carbocycles. The van der Waals surface area contributed by atoms with Gasteiger partial charge in [-0.15, -0.1) is 11.3 Å². The van der Waals surface area contributed by atoms with Gasteiger partial charge < -0.3 is 10.1 Å². The number of methoxy groups -OCH3 is 1. The Kier molecular flexibility index (Phi) is 6.39. The van der Waals surface area contributed by atoms with Crippen molar-refractivity contribution < 1.29 is 9.53 Å². The number of amides is 1. The Balaban J connectivity index is 1.40. The number of nitrogens with zero attached hydrogens (tertiary/aromatic N) is 1. The second-order valence-corrected chi connectivity index (χ2v) is 6.82. The number of aryl methyl sites for hydroxylation is 1. The molecule has 1 aromatic heterocycles. The van der Waals surface area contributed by atoms with Crippen LogP contribution in [0, 0.1) is 0 Å². The van der Waals surface area contributed by atoms with Crippen molar-refractivity contribution in [2.24, 2.45) is 0 Å². The van der Waals surface area contributed by atoms with E-state index < -0.39 is 0 Å². The van der Waals surface area contributed by atoms with Crippen LogP contribution in [0.2, 0.25) is 0 Å². The van der Waals surface area contributed by atoms with Crippen LogP contribution in [0.4, 0.5) is 0 Å². The van der Waals surface area contributed by atoms with Gasteiger partial charge in [-0.1, -0.05) is 42.5 Å². The topological polar surface area (TPSA) is 51.2 Å². The molecule has 0 radical (unpaired) electrons. The van der Waals surface area contributed by atoms with E-state index in [1.807, 2.05) is 42.5 Å². The Labute approximate surface area is 157 Å². The Hall–Kier alpha value is -2.66. The van der Waals surface area contributed by atoms with Crippen LogP contribution in [0.25, 0.3) is 10.6 Å². The molecule has 2 aromatic carbocycles. The second kappa shape index (κ2) is 9.15. The lowest BCUT2D eigenvalue weighted by Gasteiger charge is -2.05. The van der Waals surface area contributed by atoms with Crippen molar-refractivity contribution in [2.45, 2.75) is 19.3 Å². The predicted octanol–water partition coefficient (Wildman–Crippen LogP) is 4.11. The lowest BCUT2D eigenvalue weighted by molar-refractivity contribution is -0.121. The summed E-state index contributed by atoms with van der Waals surface area (Å²) in [5, 5.41) is 6.06. The molecular weight excluding hydrogens is 344 g/mol. The fraction of sp³-hybridized carbons (Fsp3) is 0.238. The van der Waals surface area contributed by atoms with Gasteiger partial charge in [0.2, 0.25) is 5.91 Å². The van der Waals surface area contributed by atoms with Gasteiger partial charge in [0.15, 0.2) is 0 Å². The van der Waals surface area contributed by atoms with E-state index in [-0.39, 0.29) is 5.91 Å². The highest BCUT2D eigenvalue weighted by Gasteiger charge is 2.06. The highest BCUT2D eigenvalue weighted by molar-refractivity contribution is 7.13. The first-order valence-corrected chi connectivity index (χ1v) is 9.52. The van der Waals surface area contributed by atoms with Crippen LogP contribution in [-0.2, 0) is 17.6 Å². The van der Waals surface area contributed by atoms with Gasteiger partial charge in [0.25, 0.3) is 0 Å². The summed E-state index contributed by atoms with van der Waals surface area (Å²) in [4.78, 5) is 16.6. The number of aromatic nitrogens is 1. The average Bonchev–Trinajstić information content (AvgIpc) is 3.16. The summed E-state index contributed by atoms with van der Waals surface area (Å²) in [6.45, 7) is 0.611. The molecule has 1 amide bonds. The number of thiazole rings is 1. The van der Waals surface area contributed by atoms with Crippen molar-refractivity contribution in [2.75, 3.05) is 13.7 Å². The molecule has 134 valence electrons. The largest absolute Gasteiger partial charge is 0.497 e. The predicted molar refractivity (Wildman–Crippen MR) is 106 cm³/mol. The maximum Gasteiger partial charge on any atom is 0.220 e. The van der Waals surface area contributed by atoms with Crippen molar-refractivity contribution in [3.63, 3.8) is 0 Å². The first-order chi connectivity index (χ1) is 12.7. The molecule has 1 N–H and O–H groups in total. The first-order valence-electron chi connectivity index (χ1n) is 8.64. The van der Waals surface area contributed by atoms with Gasteiger partial charge in [-0.05, 0) is 24.1 Å². The van der Waals surface area contributed by atoms with Crippen LogP contribution in [0.15, 0.2) is 60.0 Å². The molecule has 4 nitrogen and oxygen atoms in total. The Morgan fingerprint density at radius 1 is 1.08 bits per heavy atom. The maximum atomic E-state index is 12.0. The number of benzene rings is 2. The van der Waals surface area contributed by atoms with Crippen molar-refractivity contribution in [1.82, 2.24) is 10.3 Å². The van der Waals surface area contributed by atoms with Gasteiger partial charge in [-0.25, -0.2) is 4.98 Å². The van der Waals surface area contributed by atoms with Crippen LogP contribution < -0.4 is 10.1 Å². The number of nitrogens with one attached hydrogen (secondary N) is 1. The summed E-state index contributed by atoms with van der Waals surface area (Å²) in [7, 11) is 1.65. The zero-order valence-corrected chi connectivity index (χ0v) is 15.6. The third kappa shape index (κ3) is 5.17. The van der Waals surface area contributed by atoms with Crippen molar-refractivity contribution in [1.29, 1.82) is 0 Å². The molecule has 3 aromatic rings. The molecule has 0 spiro atoms. The average molecular weight is 366 g/mol. The summed E-state index contributed by atoms with van der Waals surface area (Å²) in [5.74, 6) is 0.899. The van der Waals surface area contributed by atoms with Crippen molar-refractivity contribution in [3.8, 4) is 16.3 Å². The van der Waals surface area contributed by atoms with E-state index in [4.69, 9.17) is 4.74 Å². The Morgan fingerprint density at radius 2 is 1.85 bits per heavy atom. The minimum absolute atomic E-state index is 0.0688. The molecule has 26 heavy (non-hydrogen) atoms. The van der Waals surface area contributed by atoms with E-state index in [1.54, 1.807) is 18.4 Å². The number of hydrogen-bond acceptors (Lipinski definition) is 4. The van der Waals surface area contributed by atoms with E-state index in [1.165, 1.54) is 0 Å². The SMILES string of the molecule is COc1ccc(CCC(=O)NCCc2csc(-c3ccccc3)n2)cc1. The van der Waals surface area contributed by atoms with E-state index in [2.05, 4.69) is 27.8 Å². The number of rotatable bonds is 8. The van der Waals surface area contributed by atoms with Gasteiger partial charge in [0.05, 0.1) is 12.8 Å². The quantitative estimate of drug-likeness (QED) is 0.653. The lowest BCUT2D eigenvalue weighted by Crippen LogP contribution is -2.25. The van der Waals surface area contributed by atoms with Crippen molar-refractivity contribution >= 4 is 17.2 Å². The highest BCUT2D eigenvalue weighted by atomic mass is 32.1. The summed E-state index contributed by atoms with van der Waals surface area (Å²) in [5.41, 5.74) is 3.28. The normalized spacial score (nSPS) is 10.5. The molecule has 0 saturated heterocycles. The van der Waals surface area contributed by atoms with Gasteiger partial charge in [-0.3, -0.25) is 4.79 Å². The fourth-order valence-electron chi connectivity index (χ4n) is 2.60. The van der Waals surface area contributed by atoms with Gasteiger partial charge >= 0.3 is 0 Å². The molecule has 0 aliphatic rings. The summed E-state index contributed by atoms with van der Waals surface area (Å²) >= 11 is 1.64. The number of hydrogen-bond donors (Lipinski definition) is 1. The number of carbonyl (C=O) groups excluding carboxylic acids is 1. The van der Waals surface area contributed by atoms with Crippen LogP contribution in [-0.4, -0.2) is 24.5 Å².